The number of hydrogen-bond acceptors (Lipinski definition) is 5. The van der Waals surface area contributed by atoms with Crippen molar-refractivity contribution in [1.82, 2.24) is 24.0 Å². The van der Waals surface area contributed by atoms with E-state index < -0.39 is 10.0 Å². The Morgan fingerprint density at radius 2 is 1.75 bits per heavy atom. The Hall–Kier alpha value is -1.97. The van der Waals surface area contributed by atoms with Gasteiger partial charge in [0, 0.05) is 31.2 Å². The Morgan fingerprint density at radius 1 is 1.14 bits per heavy atom. The molecule has 1 aromatic carbocycles. The Bertz CT molecular complexity index is 950. The van der Waals surface area contributed by atoms with Crippen LogP contribution in [0.2, 0.25) is 5.02 Å². The fourth-order valence-electron chi connectivity index (χ4n) is 3.29. The molecule has 28 heavy (non-hydrogen) atoms. The van der Waals surface area contributed by atoms with Gasteiger partial charge in [-0.25, -0.2) is 18.1 Å². The van der Waals surface area contributed by atoms with Crippen LogP contribution in [-0.2, 0) is 21.4 Å². The lowest BCUT2D eigenvalue weighted by atomic mass is 10.1. The van der Waals surface area contributed by atoms with Crippen molar-refractivity contribution in [3.05, 3.63) is 40.9 Å². The molecule has 1 amide bonds. The number of aromatic nitrogens is 3. The molecule has 0 saturated carbocycles. The zero-order valence-electron chi connectivity index (χ0n) is 16.2. The summed E-state index contributed by atoms with van der Waals surface area (Å²) >= 11 is 5.84. The van der Waals surface area contributed by atoms with Crippen molar-refractivity contribution < 1.29 is 13.2 Å². The first-order chi connectivity index (χ1) is 13.2. The lowest BCUT2D eigenvalue weighted by Crippen LogP contribution is -2.52. The largest absolute Gasteiger partial charge is 0.340 e. The van der Waals surface area contributed by atoms with E-state index in [9.17, 15) is 13.2 Å². The summed E-state index contributed by atoms with van der Waals surface area (Å²) < 4.78 is 28.6. The van der Waals surface area contributed by atoms with Crippen molar-refractivity contribution in [2.45, 2.75) is 32.2 Å². The lowest BCUT2D eigenvalue weighted by molar-refractivity contribution is -0.136. The van der Waals surface area contributed by atoms with E-state index in [1.165, 1.54) is 16.4 Å². The molecule has 3 rings (SSSR count). The Morgan fingerprint density at radius 3 is 2.29 bits per heavy atom. The topological polar surface area (TPSA) is 88.4 Å². The van der Waals surface area contributed by atoms with Crippen LogP contribution >= 0.6 is 11.6 Å². The molecule has 0 radical (unpaired) electrons. The number of piperazine rings is 1. The van der Waals surface area contributed by atoms with Crippen LogP contribution in [0, 0.1) is 19.8 Å². The summed E-state index contributed by atoms with van der Waals surface area (Å²) in [5.41, 5.74) is 0. The fourth-order valence-corrected chi connectivity index (χ4v) is 4.84. The quantitative estimate of drug-likeness (QED) is 0.727. The van der Waals surface area contributed by atoms with Crippen LogP contribution < -0.4 is 0 Å². The number of carbonyl (C=O) groups is 1. The monoisotopic (exact) mass is 425 g/mol. The van der Waals surface area contributed by atoms with Gasteiger partial charge in [0.05, 0.1) is 17.4 Å². The van der Waals surface area contributed by atoms with E-state index >= 15 is 0 Å². The van der Waals surface area contributed by atoms with Gasteiger partial charge >= 0.3 is 0 Å². The van der Waals surface area contributed by atoms with Gasteiger partial charge in [0.1, 0.15) is 11.6 Å². The van der Waals surface area contributed by atoms with Crippen LogP contribution in [0.3, 0.4) is 0 Å². The Labute approximate surface area is 170 Å². The van der Waals surface area contributed by atoms with Crippen molar-refractivity contribution in [3.8, 4) is 0 Å². The molecule has 152 valence electrons. The standard InChI is InChI=1S/C18H24ClN5O3S/c1-13(12-24-15(3)20-14(2)21-24)18(25)22-8-10-23(11-9-22)28(26,27)17-6-4-16(19)5-7-17/h4-7,13H,8-12H2,1-3H3/t13-/m0/s1. The molecule has 8 nitrogen and oxygen atoms in total. The summed E-state index contributed by atoms with van der Waals surface area (Å²) in [4.78, 5) is 18.9. The molecule has 2 heterocycles. The molecule has 10 heteroatoms. The van der Waals surface area contributed by atoms with Gasteiger partial charge in [0.2, 0.25) is 15.9 Å². The number of carbonyl (C=O) groups excluding carboxylic acids is 1. The van der Waals surface area contributed by atoms with Gasteiger partial charge in [-0.1, -0.05) is 18.5 Å². The number of halogens is 1. The number of sulfonamides is 1. The average molecular weight is 426 g/mol. The zero-order valence-corrected chi connectivity index (χ0v) is 17.7. The average Bonchev–Trinajstić information content (AvgIpc) is 2.98. The molecule has 1 aliphatic rings. The minimum absolute atomic E-state index is 0.00362. The van der Waals surface area contributed by atoms with Gasteiger partial charge in [-0.15, -0.1) is 0 Å². The van der Waals surface area contributed by atoms with E-state index in [-0.39, 0.29) is 29.8 Å². The molecule has 1 fully saturated rings. The number of hydrogen-bond donors (Lipinski definition) is 0. The van der Waals surface area contributed by atoms with Crippen molar-refractivity contribution in [3.63, 3.8) is 0 Å². The van der Waals surface area contributed by atoms with Gasteiger partial charge in [-0.05, 0) is 38.1 Å². The molecule has 0 spiro atoms. The van der Waals surface area contributed by atoms with Crippen molar-refractivity contribution in [2.24, 2.45) is 5.92 Å². The van der Waals surface area contributed by atoms with E-state index in [2.05, 4.69) is 10.1 Å². The minimum Gasteiger partial charge on any atom is -0.340 e. The predicted octanol–water partition coefficient (Wildman–Crippen LogP) is 1.72. The van der Waals surface area contributed by atoms with Gasteiger partial charge in [0.15, 0.2) is 0 Å². The molecule has 1 aromatic heterocycles. The molecule has 0 aliphatic carbocycles. The molecule has 0 unspecified atom stereocenters. The van der Waals surface area contributed by atoms with Crippen molar-refractivity contribution in [1.29, 1.82) is 0 Å². The highest BCUT2D eigenvalue weighted by molar-refractivity contribution is 7.89. The first-order valence-corrected chi connectivity index (χ1v) is 10.9. The minimum atomic E-state index is -3.59. The summed E-state index contributed by atoms with van der Waals surface area (Å²) in [6.45, 7) is 7.25. The van der Waals surface area contributed by atoms with E-state index in [4.69, 9.17) is 11.6 Å². The lowest BCUT2D eigenvalue weighted by Gasteiger charge is -2.35. The number of aryl methyl sites for hydroxylation is 2. The highest BCUT2D eigenvalue weighted by atomic mass is 35.5. The fraction of sp³-hybridized carbons (Fsp3) is 0.500. The van der Waals surface area contributed by atoms with E-state index in [1.54, 1.807) is 21.7 Å². The summed E-state index contributed by atoms with van der Waals surface area (Å²) in [5, 5.41) is 4.79. The van der Waals surface area contributed by atoms with Crippen LogP contribution in [0.1, 0.15) is 18.6 Å². The SMILES string of the molecule is Cc1nc(C)n(C[C@H](C)C(=O)N2CCN(S(=O)(=O)c3ccc(Cl)cc3)CC2)n1. The van der Waals surface area contributed by atoms with E-state index in [0.29, 0.717) is 30.5 Å². The van der Waals surface area contributed by atoms with Crippen LogP contribution in [0.4, 0.5) is 0 Å². The van der Waals surface area contributed by atoms with Crippen molar-refractivity contribution >= 4 is 27.5 Å². The normalized spacial score (nSPS) is 16.9. The third kappa shape index (κ3) is 4.37. The van der Waals surface area contributed by atoms with Gasteiger partial charge in [0.25, 0.3) is 0 Å². The molecular weight excluding hydrogens is 402 g/mol. The first kappa shape index (κ1) is 20.8. The van der Waals surface area contributed by atoms with Crippen LogP contribution in [0.15, 0.2) is 29.2 Å². The summed E-state index contributed by atoms with van der Waals surface area (Å²) in [7, 11) is -3.59. The van der Waals surface area contributed by atoms with Crippen molar-refractivity contribution in [2.75, 3.05) is 26.2 Å². The maximum absolute atomic E-state index is 12.8. The first-order valence-electron chi connectivity index (χ1n) is 9.11. The molecule has 0 bridgehead atoms. The van der Waals surface area contributed by atoms with Crippen LogP contribution in [0.25, 0.3) is 0 Å². The summed E-state index contributed by atoms with van der Waals surface area (Å²) in [5.74, 6) is 1.18. The number of benzene rings is 1. The third-order valence-electron chi connectivity index (χ3n) is 4.83. The van der Waals surface area contributed by atoms with Gasteiger partial charge < -0.3 is 4.90 Å². The molecule has 1 aliphatic heterocycles. The highest BCUT2D eigenvalue weighted by Crippen LogP contribution is 2.20. The number of nitrogens with zero attached hydrogens (tertiary/aromatic N) is 5. The predicted molar refractivity (Wildman–Crippen MR) is 105 cm³/mol. The second kappa shape index (κ2) is 8.18. The number of rotatable bonds is 5. The van der Waals surface area contributed by atoms with Gasteiger partial charge in [-0.2, -0.15) is 9.40 Å². The van der Waals surface area contributed by atoms with Crippen LogP contribution in [0.5, 0.6) is 0 Å². The maximum Gasteiger partial charge on any atom is 0.243 e. The second-order valence-electron chi connectivity index (χ2n) is 6.97. The second-order valence-corrected chi connectivity index (χ2v) is 9.35. The van der Waals surface area contributed by atoms with E-state index in [1.807, 2.05) is 20.8 Å². The summed E-state index contributed by atoms with van der Waals surface area (Å²) in [6, 6.07) is 6.12. The smallest absolute Gasteiger partial charge is 0.243 e. The number of amides is 1. The molecule has 0 N–H and O–H groups in total. The highest BCUT2D eigenvalue weighted by Gasteiger charge is 2.31. The third-order valence-corrected chi connectivity index (χ3v) is 7.00. The molecule has 1 atom stereocenters. The Balaban J connectivity index is 1.60. The van der Waals surface area contributed by atoms with E-state index in [0.717, 1.165) is 5.82 Å². The molecule has 1 saturated heterocycles. The zero-order chi connectivity index (χ0) is 20.5. The molecule has 2 aromatic rings. The maximum atomic E-state index is 12.8. The van der Waals surface area contributed by atoms with Crippen LogP contribution in [-0.4, -0.2) is 64.5 Å². The van der Waals surface area contributed by atoms with Gasteiger partial charge in [-0.3, -0.25) is 4.79 Å². The Kier molecular flexibility index (Phi) is 6.07. The summed E-state index contributed by atoms with van der Waals surface area (Å²) in [6.07, 6.45) is 0. The molecular formula is C18H24ClN5O3S.